The molecule has 39 heavy (non-hydrogen) atoms. The number of hydrogen-bond acceptors (Lipinski definition) is 6. The van der Waals surface area contributed by atoms with Gasteiger partial charge in [-0.1, -0.05) is 30.3 Å². The van der Waals surface area contributed by atoms with Crippen molar-refractivity contribution in [1.29, 1.82) is 0 Å². The first-order valence-electron chi connectivity index (χ1n) is 13.0. The van der Waals surface area contributed by atoms with Crippen LogP contribution in [0, 0.1) is 6.92 Å². The van der Waals surface area contributed by atoms with Gasteiger partial charge in [-0.25, -0.2) is 14.6 Å². The normalized spacial score (nSPS) is 15.6. The highest BCUT2D eigenvalue weighted by atomic mass is 16.5. The van der Waals surface area contributed by atoms with Crippen LogP contribution in [-0.4, -0.2) is 50.2 Å². The van der Waals surface area contributed by atoms with Crippen LogP contribution in [0.2, 0.25) is 0 Å². The predicted octanol–water partition coefficient (Wildman–Crippen LogP) is 4.79. The van der Waals surface area contributed by atoms with E-state index in [1.54, 1.807) is 22.9 Å². The fraction of sp³-hybridized carbons (Fsp3) is 0.226. The van der Waals surface area contributed by atoms with Crippen LogP contribution in [0.5, 0.6) is 0 Å². The van der Waals surface area contributed by atoms with Crippen molar-refractivity contribution in [3.63, 3.8) is 0 Å². The first kappa shape index (κ1) is 24.8. The maximum Gasteiger partial charge on any atom is 0.337 e. The molecule has 0 spiro atoms. The second-order valence-electron chi connectivity index (χ2n) is 9.89. The van der Waals surface area contributed by atoms with Crippen LogP contribution in [0.4, 0.5) is 0 Å². The average Bonchev–Trinajstić information content (AvgIpc) is 3.55. The third-order valence-corrected chi connectivity index (χ3v) is 7.50. The van der Waals surface area contributed by atoms with E-state index >= 15 is 0 Å². The van der Waals surface area contributed by atoms with E-state index in [0.717, 1.165) is 54.1 Å². The number of nitrogens with zero attached hydrogens (tertiary/aromatic N) is 5. The Hall–Kier alpha value is -4.56. The summed E-state index contributed by atoms with van der Waals surface area (Å²) in [5.74, 6) is -0.362. The lowest BCUT2D eigenvalue weighted by atomic mass is 10.0. The topological polar surface area (TPSA) is 82.2 Å². The number of imidazole rings is 1. The van der Waals surface area contributed by atoms with Crippen LogP contribution in [0.1, 0.15) is 34.1 Å². The summed E-state index contributed by atoms with van der Waals surface area (Å²) in [6.45, 7) is 4.52. The zero-order chi connectivity index (χ0) is 26.9. The van der Waals surface area contributed by atoms with E-state index in [0.29, 0.717) is 11.2 Å². The van der Waals surface area contributed by atoms with Crippen LogP contribution in [0.25, 0.3) is 28.0 Å². The Kier molecular flexibility index (Phi) is 6.54. The van der Waals surface area contributed by atoms with Crippen LogP contribution < -0.4 is 5.69 Å². The minimum Gasteiger partial charge on any atom is -0.465 e. The van der Waals surface area contributed by atoms with Crippen LogP contribution >= 0.6 is 0 Å². The van der Waals surface area contributed by atoms with Crippen molar-refractivity contribution in [2.45, 2.75) is 25.9 Å². The number of methoxy groups -OCH3 is 1. The van der Waals surface area contributed by atoms with Crippen molar-refractivity contribution in [3.8, 4) is 16.8 Å². The van der Waals surface area contributed by atoms with Crippen LogP contribution in [-0.2, 0) is 11.3 Å². The van der Waals surface area contributed by atoms with Gasteiger partial charge in [-0.15, -0.1) is 0 Å². The highest BCUT2D eigenvalue weighted by Gasteiger charge is 2.29. The molecule has 4 heterocycles. The third-order valence-electron chi connectivity index (χ3n) is 7.50. The monoisotopic (exact) mass is 519 g/mol. The maximum absolute atomic E-state index is 13.9. The van der Waals surface area contributed by atoms with Crippen LogP contribution in [0.3, 0.4) is 0 Å². The number of likely N-dealkylation sites (tertiary alicyclic amines) is 1. The molecule has 3 aromatic heterocycles. The lowest BCUT2D eigenvalue weighted by molar-refractivity contribution is 0.0600. The number of hydrogen-bond donors (Lipinski definition) is 0. The molecule has 1 fully saturated rings. The maximum atomic E-state index is 13.9. The lowest BCUT2D eigenvalue weighted by Crippen LogP contribution is -2.29. The Labute approximate surface area is 226 Å². The van der Waals surface area contributed by atoms with Gasteiger partial charge >= 0.3 is 11.7 Å². The second-order valence-corrected chi connectivity index (χ2v) is 9.89. The summed E-state index contributed by atoms with van der Waals surface area (Å²) < 4.78 is 8.39. The molecule has 1 aliphatic rings. The number of carbonyl (C=O) groups is 1. The highest BCUT2D eigenvalue weighted by molar-refractivity contribution is 5.90. The third kappa shape index (κ3) is 4.64. The van der Waals surface area contributed by atoms with Crippen molar-refractivity contribution < 1.29 is 9.53 Å². The molecule has 8 heteroatoms. The zero-order valence-corrected chi connectivity index (χ0v) is 21.9. The number of fused-ring (bicyclic) bond motifs is 1. The van der Waals surface area contributed by atoms with Gasteiger partial charge in [0.05, 0.1) is 35.6 Å². The molecule has 0 bridgehead atoms. The van der Waals surface area contributed by atoms with Crippen molar-refractivity contribution >= 4 is 17.1 Å². The molecule has 1 atom stereocenters. The number of benzene rings is 2. The van der Waals surface area contributed by atoms with Gasteiger partial charge in [-0.05, 0) is 72.5 Å². The number of ether oxygens (including phenoxy) is 1. The van der Waals surface area contributed by atoms with Gasteiger partial charge in [0.1, 0.15) is 0 Å². The van der Waals surface area contributed by atoms with E-state index in [9.17, 15) is 9.59 Å². The highest BCUT2D eigenvalue weighted by Crippen LogP contribution is 2.28. The molecule has 5 aromatic rings. The first-order valence-corrected chi connectivity index (χ1v) is 13.0. The number of esters is 1. The fourth-order valence-electron chi connectivity index (χ4n) is 5.41. The van der Waals surface area contributed by atoms with Crippen molar-refractivity contribution in [2.75, 3.05) is 20.2 Å². The Bertz CT molecular complexity index is 1700. The number of aromatic nitrogens is 4. The van der Waals surface area contributed by atoms with Gasteiger partial charge in [0.25, 0.3) is 0 Å². The quantitative estimate of drug-likeness (QED) is 0.300. The summed E-state index contributed by atoms with van der Waals surface area (Å²) in [5.41, 5.74) is 6.91. The first-order chi connectivity index (χ1) is 19.0. The Balaban J connectivity index is 1.30. The number of aryl methyl sites for hydroxylation is 1. The fourth-order valence-corrected chi connectivity index (χ4v) is 5.41. The SMILES string of the molecule is COC(=O)c1ccc(-c2ccc(-n3c(=O)n([C@H]4CCN(Cc5ncccc5C)C4)c4ncccc43)cc2)cc1. The van der Waals surface area contributed by atoms with Gasteiger partial charge in [0, 0.05) is 32.0 Å². The molecule has 0 N–H and O–H groups in total. The van der Waals surface area contributed by atoms with Crippen molar-refractivity contribution in [1.82, 2.24) is 24.0 Å². The Morgan fingerprint density at radius 2 is 1.64 bits per heavy atom. The molecular weight excluding hydrogens is 490 g/mol. The van der Waals surface area contributed by atoms with E-state index < -0.39 is 0 Å². The molecular formula is C31H29N5O3. The lowest BCUT2D eigenvalue weighted by Gasteiger charge is -2.17. The van der Waals surface area contributed by atoms with Crippen molar-refractivity contribution in [3.05, 3.63) is 112 Å². The van der Waals surface area contributed by atoms with E-state index in [1.165, 1.54) is 12.7 Å². The summed E-state index contributed by atoms with van der Waals surface area (Å²) in [6.07, 6.45) is 4.45. The molecule has 1 saturated heterocycles. The van der Waals surface area contributed by atoms with E-state index in [2.05, 4.69) is 27.9 Å². The van der Waals surface area contributed by atoms with Gasteiger partial charge in [0.2, 0.25) is 0 Å². The van der Waals surface area contributed by atoms with Gasteiger partial charge in [0.15, 0.2) is 5.65 Å². The minimum absolute atomic E-state index is 0.0350. The molecule has 0 amide bonds. The number of pyridine rings is 2. The molecule has 6 rings (SSSR count). The standard InChI is InChI=1S/C31H29N5O3/c1-21-5-3-16-32-27(21)20-34-18-15-26(19-34)36-29-28(6-4-17-33-29)35(31(36)38)25-13-11-23(12-14-25)22-7-9-24(10-8-22)30(37)39-2/h3-14,16-17,26H,15,18-20H2,1-2H3/t26-/m0/s1. The summed E-state index contributed by atoms with van der Waals surface area (Å²) >= 11 is 0. The Morgan fingerprint density at radius 1 is 0.949 bits per heavy atom. The predicted molar refractivity (Wildman–Crippen MR) is 150 cm³/mol. The largest absolute Gasteiger partial charge is 0.465 e. The van der Waals surface area contributed by atoms with Gasteiger partial charge in [-0.2, -0.15) is 0 Å². The summed E-state index contributed by atoms with van der Waals surface area (Å²) in [7, 11) is 1.37. The molecule has 2 aromatic carbocycles. The molecule has 196 valence electrons. The second kappa shape index (κ2) is 10.3. The smallest absolute Gasteiger partial charge is 0.337 e. The summed E-state index contributed by atoms with van der Waals surface area (Å²) in [6, 6.07) is 23.0. The minimum atomic E-state index is -0.362. The van der Waals surface area contributed by atoms with Crippen molar-refractivity contribution in [2.24, 2.45) is 0 Å². The molecule has 8 nitrogen and oxygen atoms in total. The summed E-state index contributed by atoms with van der Waals surface area (Å²) in [4.78, 5) is 37.2. The Morgan fingerprint density at radius 3 is 2.36 bits per heavy atom. The summed E-state index contributed by atoms with van der Waals surface area (Å²) in [5, 5.41) is 0. The number of carbonyl (C=O) groups excluding carboxylic acids is 1. The van der Waals surface area contributed by atoms with E-state index in [1.807, 2.05) is 65.4 Å². The van der Waals surface area contributed by atoms with Crippen LogP contribution in [0.15, 0.2) is 90.0 Å². The zero-order valence-electron chi connectivity index (χ0n) is 21.9. The van der Waals surface area contributed by atoms with E-state index in [4.69, 9.17) is 4.74 Å². The van der Waals surface area contributed by atoms with E-state index in [-0.39, 0.29) is 17.7 Å². The molecule has 0 unspecified atom stereocenters. The molecule has 0 aliphatic carbocycles. The molecule has 0 radical (unpaired) electrons. The van der Waals surface area contributed by atoms with Gasteiger partial charge < -0.3 is 4.74 Å². The average molecular weight is 520 g/mol. The molecule has 1 aliphatic heterocycles. The number of rotatable bonds is 6. The van der Waals surface area contributed by atoms with Gasteiger partial charge in [-0.3, -0.25) is 19.0 Å². The molecule has 0 saturated carbocycles.